The number of carboxylic acid groups (broad SMARTS) is 1. The van der Waals surface area contributed by atoms with Crippen molar-refractivity contribution in [2.24, 2.45) is 11.1 Å². The third-order valence-corrected chi connectivity index (χ3v) is 6.47. The van der Waals surface area contributed by atoms with Crippen molar-refractivity contribution in [1.29, 1.82) is 0 Å². The fourth-order valence-corrected chi connectivity index (χ4v) is 4.39. The largest absolute Gasteiger partial charge is 0.465 e. The van der Waals surface area contributed by atoms with Gasteiger partial charge in [-0.05, 0) is 47.9 Å². The van der Waals surface area contributed by atoms with Gasteiger partial charge in [0.2, 0.25) is 5.91 Å². The summed E-state index contributed by atoms with van der Waals surface area (Å²) in [5.41, 5.74) is 9.49. The fourth-order valence-electron chi connectivity index (χ4n) is 4.39. The first-order valence-electron chi connectivity index (χ1n) is 12.8. The Morgan fingerprint density at radius 2 is 1.53 bits per heavy atom. The predicted octanol–water partition coefficient (Wildman–Crippen LogP) is 3.78. The van der Waals surface area contributed by atoms with Gasteiger partial charge in [0.15, 0.2) is 0 Å². The molecule has 0 fully saturated rings. The summed E-state index contributed by atoms with van der Waals surface area (Å²) < 4.78 is 0. The molecule has 4 atom stereocenters. The van der Waals surface area contributed by atoms with Crippen molar-refractivity contribution in [3.63, 3.8) is 0 Å². The predicted molar refractivity (Wildman–Crippen MR) is 148 cm³/mol. The van der Waals surface area contributed by atoms with E-state index in [0.29, 0.717) is 12.8 Å². The second kappa shape index (κ2) is 13.2. The average molecular weight is 519 g/mol. The van der Waals surface area contributed by atoms with Crippen LogP contribution in [0.3, 0.4) is 0 Å². The monoisotopic (exact) mass is 518 g/mol. The summed E-state index contributed by atoms with van der Waals surface area (Å²) in [4.78, 5) is 29.0. The van der Waals surface area contributed by atoms with Gasteiger partial charge in [-0.15, -0.1) is 0 Å². The average Bonchev–Trinajstić information content (AvgIpc) is 2.88. The molecule has 38 heavy (non-hydrogen) atoms. The van der Waals surface area contributed by atoms with Gasteiger partial charge in [-0.25, -0.2) is 4.79 Å². The number of carbonyl (C=O) groups is 2. The van der Waals surface area contributed by atoms with E-state index in [2.05, 4.69) is 15.6 Å². The van der Waals surface area contributed by atoms with Gasteiger partial charge in [0.1, 0.15) is 6.04 Å². The summed E-state index contributed by atoms with van der Waals surface area (Å²) in [5.74, 6) is -0.446. The van der Waals surface area contributed by atoms with Crippen molar-refractivity contribution in [2.45, 2.75) is 64.3 Å². The molecule has 0 bridgehead atoms. The van der Waals surface area contributed by atoms with E-state index in [4.69, 9.17) is 5.73 Å². The maximum Gasteiger partial charge on any atom is 0.405 e. The van der Waals surface area contributed by atoms with Crippen LogP contribution < -0.4 is 16.4 Å². The molecule has 3 aromatic rings. The maximum absolute atomic E-state index is 13.2. The lowest BCUT2D eigenvalue weighted by atomic mass is 9.85. The van der Waals surface area contributed by atoms with E-state index >= 15 is 0 Å². The van der Waals surface area contributed by atoms with E-state index in [0.717, 1.165) is 22.4 Å². The summed E-state index contributed by atoms with van der Waals surface area (Å²) in [6.45, 7) is 5.38. The van der Waals surface area contributed by atoms with Crippen molar-refractivity contribution in [3.05, 3.63) is 90.1 Å². The van der Waals surface area contributed by atoms with Crippen LogP contribution in [0.15, 0.2) is 79.0 Å². The number of amides is 2. The molecule has 0 saturated carbocycles. The number of hydrogen-bond donors (Lipinski definition) is 5. The van der Waals surface area contributed by atoms with E-state index in [9.17, 15) is 19.8 Å². The van der Waals surface area contributed by atoms with Gasteiger partial charge in [-0.2, -0.15) is 0 Å². The van der Waals surface area contributed by atoms with Gasteiger partial charge in [-0.3, -0.25) is 9.78 Å². The minimum Gasteiger partial charge on any atom is -0.465 e. The topological polar surface area (TPSA) is 138 Å². The minimum atomic E-state index is -1.27. The Morgan fingerprint density at radius 1 is 0.895 bits per heavy atom. The Kier molecular flexibility index (Phi) is 9.98. The lowest BCUT2D eigenvalue weighted by Crippen LogP contribution is -2.56. The molecular weight excluding hydrogens is 480 g/mol. The lowest BCUT2D eigenvalue weighted by molar-refractivity contribution is -0.126. The number of aliphatic hydroxyl groups excluding tert-OH is 1. The van der Waals surface area contributed by atoms with Crippen LogP contribution in [0.4, 0.5) is 4.79 Å². The maximum atomic E-state index is 13.2. The third-order valence-electron chi connectivity index (χ3n) is 6.47. The number of hydrogen-bond acceptors (Lipinski definition) is 5. The van der Waals surface area contributed by atoms with Crippen LogP contribution in [-0.4, -0.2) is 51.4 Å². The van der Waals surface area contributed by atoms with Crippen LogP contribution in [0.2, 0.25) is 0 Å². The number of benzene rings is 2. The SMILES string of the molecule is CC(C)(C)[C@H](NC(=O)O)C(=O)N[C@H](Cc1ccc(-c2ccccn2)cc1)C[C@@H](O)[C@@H](N)Cc1ccccc1. The van der Waals surface area contributed by atoms with E-state index < -0.39 is 41.6 Å². The Morgan fingerprint density at radius 3 is 2.11 bits per heavy atom. The number of nitrogens with two attached hydrogens (primary N) is 1. The molecule has 6 N–H and O–H groups in total. The van der Waals surface area contributed by atoms with Gasteiger partial charge in [0.25, 0.3) is 0 Å². The van der Waals surface area contributed by atoms with Crippen LogP contribution in [0, 0.1) is 5.41 Å². The molecule has 2 aromatic carbocycles. The highest BCUT2D eigenvalue weighted by Gasteiger charge is 2.34. The molecule has 0 spiro atoms. The second-order valence-electron chi connectivity index (χ2n) is 10.7. The van der Waals surface area contributed by atoms with Crippen LogP contribution in [0.25, 0.3) is 11.3 Å². The smallest absolute Gasteiger partial charge is 0.405 e. The minimum absolute atomic E-state index is 0.214. The van der Waals surface area contributed by atoms with Gasteiger partial charge >= 0.3 is 6.09 Å². The molecule has 1 aromatic heterocycles. The molecule has 0 unspecified atom stereocenters. The Hall–Kier alpha value is -3.75. The third kappa shape index (κ3) is 8.68. The van der Waals surface area contributed by atoms with Gasteiger partial charge in [0, 0.05) is 23.8 Å². The highest BCUT2D eigenvalue weighted by Crippen LogP contribution is 2.22. The summed E-state index contributed by atoms with van der Waals surface area (Å²) in [7, 11) is 0. The molecular formula is C30H38N4O4. The quantitative estimate of drug-likeness (QED) is 0.262. The standard InChI is InChI=1S/C30H38N4O4/c1-30(2,3)27(34-29(37)38)28(36)33-23(19-26(35)24(31)18-20-9-5-4-6-10-20)17-21-12-14-22(15-13-21)25-11-7-8-16-32-25/h4-16,23-24,26-27,34-35H,17-19,31H2,1-3H3,(H,33,36)(H,37,38)/t23-,24+,26-,27-/m1/s1. The van der Waals surface area contributed by atoms with E-state index in [1.165, 1.54) is 0 Å². The zero-order valence-corrected chi connectivity index (χ0v) is 22.2. The zero-order chi connectivity index (χ0) is 27.7. The first kappa shape index (κ1) is 28.8. The van der Waals surface area contributed by atoms with Crippen LogP contribution in [0.5, 0.6) is 0 Å². The Labute approximate surface area is 224 Å². The molecule has 0 aliphatic rings. The number of rotatable bonds is 11. The number of nitrogens with one attached hydrogen (secondary N) is 2. The van der Waals surface area contributed by atoms with Crippen molar-refractivity contribution in [1.82, 2.24) is 15.6 Å². The highest BCUT2D eigenvalue weighted by atomic mass is 16.4. The number of aliphatic hydroxyl groups is 1. The van der Waals surface area contributed by atoms with E-state index in [1.54, 1.807) is 27.0 Å². The van der Waals surface area contributed by atoms with Gasteiger partial charge in [-0.1, -0.05) is 81.4 Å². The Bertz CT molecular complexity index is 1160. The van der Waals surface area contributed by atoms with Crippen molar-refractivity contribution in [3.8, 4) is 11.3 Å². The van der Waals surface area contributed by atoms with Crippen molar-refractivity contribution >= 4 is 12.0 Å². The molecule has 0 radical (unpaired) electrons. The highest BCUT2D eigenvalue weighted by molar-refractivity contribution is 5.86. The number of nitrogens with zero attached hydrogens (tertiary/aromatic N) is 1. The first-order chi connectivity index (χ1) is 18.0. The van der Waals surface area contributed by atoms with E-state index in [-0.39, 0.29) is 6.42 Å². The number of aromatic nitrogens is 1. The molecule has 202 valence electrons. The van der Waals surface area contributed by atoms with Crippen molar-refractivity contribution < 1.29 is 19.8 Å². The summed E-state index contributed by atoms with van der Waals surface area (Å²) in [6.07, 6.45) is 0.734. The van der Waals surface area contributed by atoms with E-state index in [1.807, 2.05) is 72.8 Å². The molecule has 0 saturated heterocycles. The molecule has 2 amide bonds. The molecule has 1 heterocycles. The normalized spacial score (nSPS) is 14.7. The molecule has 0 aliphatic carbocycles. The number of carbonyl (C=O) groups excluding carboxylic acids is 1. The van der Waals surface area contributed by atoms with Crippen LogP contribution >= 0.6 is 0 Å². The molecule has 8 heteroatoms. The zero-order valence-electron chi connectivity index (χ0n) is 22.2. The van der Waals surface area contributed by atoms with Crippen LogP contribution in [0.1, 0.15) is 38.3 Å². The molecule has 3 rings (SSSR count). The van der Waals surface area contributed by atoms with Crippen LogP contribution in [-0.2, 0) is 17.6 Å². The lowest BCUT2D eigenvalue weighted by Gasteiger charge is -2.32. The molecule has 0 aliphatic heterocycles. The fraction of sp³-hybridized carbons (Fsp3) is 0.367. The Balaban J connectivity index is 1.77. The first-order valence-corrected chi connectivity index (χ1v) is 12.8. The molecule has 8 nitrogen and oxygen atoms in total. The van der Waals surface area contributed by atoms with Crippen molar-refractivity contribution in [2.75, 3.05) is 0 Å². The summed E-state index contributed by atoms with van der Waals surface area (Å²) in [6, 6.07) is 21.3. The summed E-state index contributed by atoms with van der Waals surface area (Å²) in [5, 5.41) is 25.6. The second-order valence-corrected chi connectivity index (χ2v) is 10.7. The van der Waals surface area contributed by atoms with Gasteiger partial charge < -0.3 is 26.6 Å². The summed E-state index contributed by atoms with van der Waals surface area (Å²) >= 11 is 0. The van der Waals surface area contributed by atoms with Gasteiger partial charge in [0.05, 0.1) is 11.8 Å². The number of pyridine rings is 1.